The number of carbonyl (C=O) groups is 1. The van der Waals surface area contributed by atoms with Crippen molar-refractivity contribution in [2.75, 3.05) is 32.9 Å². The largest absolute Gasteiger partial charge is 0.490 e. The minimum Gasteiger partial charge on any atom is -0.490 e. The van der Waals surface area contributed by atoms with Crippen LogP contribution >= 0.6 is 34.8 Å². The highest BCUT2D eigenvalue weighted by molar-refractivity contribution is 6.37. The molecule has 1 unspecified atom stereocenters. The number of halogens is 5. The number of aliphatic hydroxyl groups is 1. The Labute approximate surface area is 288 Å². The number of aryl methyl sites for hydroxylation is 1. The summed E-state index contributed by atoms with van der Waals surface area (Å²) in [7, 11) is 0. The number of hydrogen-bond acceptors (Lipinski definition) is 6. The molecule has 5 rings (SSSR count). The molecule has 252 valence electrons. The van der Waals surface area contributed by atoms with Gasteiger partial charge in [0.2, 0.25) is 0 Å². The number of nitrogens with zero attached hydrogens (tertiary/aromatic N) is 1. The summed E-state index contributed by atoms with van der Waals surface area (Å²) < 4.78 is 36.9. The van der Waals surface area contributed by atoms with Crippen molar-refractivity contribution >= 4 is 46.3 Å². The van der Waals surface area contributed by atoms with Crippen molar-refractivity contribution in [3.05, 3.63) is 97.5 Å². The van der Waals surface area contributed by atoms with Gasteiger partial charge in [-0.05, 0) is 90.9 Å². The van der Waals surface area contributed by atoms with Crippen LogP contribution in [0.15, 0.2) is 60.2 Å². The van der Waals surface area contributed by atoms with E-state index in [-0.39, 0.29) is 44.9 Å². The molecule has 1 amide bonds. The van der Waals surface area contributed by atoms with Crippen molar-refractivity contribution in [1.29, 1.82) is 0 Å². The van der Waals surface area contributed by atoms with Gasteiger partial charge in [-0.1, -0.05) is 59.1 Å². The number of aliphatic hydroxyl groups excluding tert-OH is 1. The summed E-state index contributed by atoms with van der Waals surface area (Å²) in [6.07, 6.45) is -0.0918. The lowest BCUT2D eigenvalue weighted by Crippen LogP contribution is -2.46. The van der Waals surface area contributed by atoms with E-state index < -0.39 is 19.0 Å². The van der Waals surface area contributed by atoms with E-state index in [0.29, 0.717) is 45.1 Å². The van der Waals surface area contributed by atoms with Crippen LogP contribution in [0.3, 0.4) is 0 Å². The normalized spacial score (nSPS) is 16.5. The predicted molar refractivity (Wildman–Crippen MR) is 182 cm³/mol. The molecule has 3 aromatic rings. The van der Waals surface area contributed by atoms with Crippen LogP contribution in [0, 0.1) is 6.92 Å². The number of ether oxygens (including phenoxy) is 2. The van der Waals surface area contributed by atoms with Crippen LogP contribution in [0.1, 0.15) is 41.5 Å². The van der Waals surface area contributed by atoms with Gasteiger partial charge >= 0.3 is 0 Å². The maximum Gasteiger partial charge on any atom is 0.252 e. The minimum atomic E-state index is -2.44. The van der Waals surface area contributed by atoms with E-state index in [4.69, 9.17) is 44.3 Å². The second kappa shape index (κ2) is 16.5. The highest BCUT2D eigenvalue weighted by Crippen LogP contribution is 2.36. The Bertz CT molecular complexity index is 1560. The van der Waals surface area contributed by atoms with Gasteiger partial charge in [-0.3, -0.25) is 4.79 Å². The fraction of sp³-hybridized carbons (Fsp3) is 0.400. The molecule has 2 aliphatic rings. The third-order valence-corrected chi connectivity index (χ3v) is 9.05. The SMILES string of the molecule is Cc1cc(Cl)c(OCCOc2ccc(C3=C(C(=O)N(Cc4cc(CNCC(F)F)ccc4Cl)C4CC4)C(CO)NCC3)cc2)c(Cl)c1. The summed E-state index contributed by atoms with van der Waals surface area (Å²) in [5.74, 6) is 0.900. The quantitative estimate of drug-likeness (QED) is 0.147. The summed E-state index contributed by atoms with van der Waals surface area (Å²) in [4.78, 5) is 16.2. The molecule has 1 saturated carbocycles. The number of nitrogens with one attached hydrogen (secondary N) is 2. The van der Waals surface area contributed by atoms with Gasteiger partial charge in [-0.2, -0.15) is 0 Å². The number of carbonyl (C=O) groups excluding carboxylic acids is 1. The van der Waals surface area contributed by atoms with Crippen molar-refractivity contribution in [2.45, 2.75) is 57.8 Å². The van der Waals surface area contributed by atoms with E-state index in [1.807, 2.05) is 42.2 Å². The van der Waals surface area contributed by atoms with Crippen LogP contribution < -0.4 is 20.1 Å². The lowest BCUT2D eigenvalue weighted by molar-refractivity contribution is -0.128. The van der Waals surface area contributed by atoms with Crippen molar-refractivity contribution in [1.82, 2.24) is 15.5 Å². The highest BCUT2D eigenvalue weighted by Gasteiger charge is 2.38. The topological polar surface area (TPSA) is 83.1 Å². The van der Waals surface area contributed by atoms with Gasteiger partial charge < -0.3 is 30.1 Å². The van der Waals surface area contributed by atoms with Crippen LogP contribution in [0.25, 0.3) is 5.57 Å². The van der Waals surface area contributed by atoms with E-state index in [0.717, 1.165) is 40.7 Å². The molecule has 1 aliphatic heterocycles. The zero-order chi connectivity index (χ0) is 33.5. The first-order valence-corrected chi connectivity index (χ1v) is 16.7. The van der Waals surface area contributed by atoms with Crippen LogP contribution in [0.2, 0.25) is 15.1 Å². The molecule has 3 N–H and O–H groups in total. The third-order valence-electron chi connectivity index (χ3n) is 8.12. The van der Waals surface area contributed by atoms with Gasteiger partial charge in [0.15, 0.2) is 5.75 Å². The van der Waals surface area contributed by atoms with Gasteiger partial charge in [0.1, 0.15) is 19.0 Å². The van der Waals surface area contributed by atoms with Gasteiger partial charge in [-0.25, -0.2) is 8.78 Å². The zero-order valence-corrected chi connectivity index (χ0v) is 28.3. The highest BCUT2D eigenvalue weighted by atomic mass is 35.5. The van der Waals surface area contributed by atoms with Crippen molar-refractivity contribution < 1.29 is 28.2 Å². The van der Waals surface area contributed by atoms with Crippen LogP contribution in [-0.4, -0.2) is 67.3 Å². The molecule has 1 aliphatic carbocycles. The van der Waals surface area contributed by atoms with E-state index in [1.54, 1.807) is 24.3 Å². The Morgan fingerprint density at radius 1 is 1.02 bits per heavy atom. The van der Waals surface area contributed by atoms with E-state index >= 15 is 0 Å². The van der Waals surface area contributed by atoms with Crippen LogP contribution in [0.5, 0.6) is 11.5 Å². The Balaban J connectivity index is 1.30. The summed E-state index contributed by atoms with van der Waals surface area (Å²) >= 11 is 19.1. The molecule has 0 bridgehead atoms. The van der Waals surface area contributed by atoms with Crippen LogP contribution in [-0.2, 0) is 17.9 Å². The lowest BCUT2D eigenvalue weighted by Gasteiger charge is -2.33. The molecule has 1 fully saturated rings. The first-order valence-electron chi connectivity index (χ1n) is 15.6. The standard InChI is InChI=1S/C35H38Cl3F2N3O4/c1-21-14-29(37)34(30(38)15-21)47-13-12-46-26-7-3-23(4-8-26)27-10-11-42-31(20-44)33(27)35(45)43(25-5-6-25)19-24-16-22(2-9-28(24)36)17-41-18-32(39)40/h2-4,7-9,14-16,25,31-32,41-42,44H,5-6,10-13,17-20H2,1H3. The average molecular weight is 709 g/mol. The van der Waals surface area contributed by atoms with Crippen molar-refractivity contribution in [2.24, 2.45) is 0 Å². The van der Waals surface area contributed by atoms with Gasteiger partial charge in [0, 0.05) is 29.7 Å². The zero-order valence-electron chi connectivity index (χ0n) is 26.0. The molecule has 1 atom stereocenters. The molecule has 3 aromatic carbocycles. The molecule has 0 aromatic heterocycles. The van der Waals surface area contributed by atoms with E-state index in [2.05, 4.69) is 10.6 Å². The number of rotatable bonds is 15. The Kier molecular flexibility index (Phi) is 12.4. The summed E-state index contributed by atoms with van der Waals surface area (Å²) in [6, 6.07) is 16.0. The summed E-state index contributed by atoms with van der Waals surface area (Å²) in [5.41, 5.74) is 4.76. The number of hydrogen-bond donors (Lipinski definition) is 3. The number of alkyl halides is 2. The molecule has 7 nitrogen and oxygen atoms in total. The molecule has 12 heteroatoms. The average Bonchev–Trinajstić information content (AvgIpc) is 3.89. The fourth-order valence-corrected chi connectivity index (χ4v) is 6.59. The lowest BCUT2D eigenvalue weighted by atomic mass is 9.88. The third kappa shape index (κ3) is 9.37. The second-order valence-corrected chi connectivity index (χ2v) is 12.9. The maximum atomic E-state index is 14.3. The number of amides is 1. The van der Waals surface area contributed by atoms with Crippen molar-refractivity contribution in [3.8, 4) is 11.5 Å². The summed E-state index contributed by atoms with van der Waals surface area (Å²) in [5, 5.41) is 17.7. The van der Waals surface area contributed by atoms with Gasteiger partial charge in [-0.15, -0.1) is 0 Å². The molecular formula is C35H38Cl3F2N3O4. The number of benzene rings is 3. The molecule has 1 heterocycles. The van der Waals surface area contributed by atoms with Gasteiger partial charge in [0.05, 0.1) is 29.2 Å². The van der Waals surface area contributed by atoms with E-state index in [9.17, 15) is 18.7 Å². The predicted octanol–water partition coefficient (Wildman–Crippen LogP) is 7.07. The van der Waals surface area contributed by atoms with Gasteiger partial charge in [0.25, 0.3) is 12.3 Å². The maximum absolute atomic E-state index is 14.3. The second-order valence-electron chi connectivity index (χ2n) is 11.7. The fourth-order valence-electron chi connectivity index (χ4n) is 5.71. The van der Waals surface area contributed by atoms with Crippen LogP contribution in [0.4, 0.5) is 8.78 Å². The molecule has 0 radical (unpaired) electrons. The summed E-state index contributed by atoms with van der Waals surface area (Å²) in [6.45, 7) is 2.93. The first-order chi connectivity index (χ1) is 22.6. The molecular weight excluding hydrogens is 671 g/mol. The molecule has 47 heavy (non-hydrogen) atoms. The minimum absolute atomic E-state index is 0.0527. The van der Waals surface area contributed by atoms with Crippen molar-refractivity contribution in [3.63, 3.8) is 0 Å². The Morgan fingerprint density at radius 2 is 1.72 bits per heavy atom. The molecule has 0 saturated heterocycles. The molecule has 0 spiro atoms. The smallest absolute Gasteiger partial charge is 0.252 e. The monoisotopic (exact) mass is 707 g/mol. The van der Waals surface area contributed by atoms with E-state index in [1.165, 1.54) is 0 Å². The first kappa shape index (κ1) is 35.4. The Morgan fingerprint density at radius 3 is 2.38 bits per heavy atom. The Hall–Kier alpha value is -2.92.